The van der Waals surface area contributed by atoms with Gasteiger partial charge in [0.25, 0.3) is 0 Å². The number of esters is 1. The number of benzene rings is 2. The van der Waals surface area contributed by atoms with E-state index in [0.29, 0.717) is 17.6 Å². The van der Waals surface area contributed by atoms with Gasteiger partial charge >= 0.3 is 5.97 Å². The molecule has 0 bridgehead atoms. The third kappa shape index (κ3) is 4.05. The zero-order valence-electron chi connectivity index (χ0n) is 15.5. The summed E-state index contributed by atoms with van der Waals surface area (Å²) in [4.78, 5) is 16.3. The van der Waals surface area contributed by atoms with Crippen molar-refractivity contribution in [1.29, 1.82) is 0 Å². The number of nitrogens with zero attached hydrogens (tertiary/aromatic N) is 2. The zero-order chi connectivity index (χ0) is 18.7. The third-order valence-electron chi connectivity index (χ3n) is 5.03. The standard InChI is InChI=1S/C21H25FN2O2/c1-15-12-23(20-10-8-19(22)9-11-20)13-16(2)24(15)14-17-4-6-18(7-5-17)21(25)26-3/h4-11,15-16H,12-14H2,1-3H3/t15-,16+. The third-order valence-corrected chi connectivity index (χ3v) is 5.03. The van der Waals surface area contributed by atoms with Crippen LogP contribution in [0.25, 0.3) is 0 Å². The number of rotatable bonds is 4. The van der Waals surface area contributed by atoms with Crippen molar-refractivity contribution in [3.05, 3.63) is 65.5 Å². The van der Waals surface area contributed by atoms with Gasteiger partial charge in [-0.05, 0) is 55.8 Å². The highest BCUT2D eigenvalue weighted by Gasteiger charge is 2.29. The molecule has 2 aromatic rings. The van der Waals surface area contributed by atoms with Gasteiger partial charge in [-0.25, -0.2) is 9.18 Å². The van der Waals surface area contributed by atoms with E-state index in [4.69, 9.17) is 4.74 Å². The first kappa shape index (κ1) is 18.4. The first-order valence-corrected chi connectivity index (χ1v) is 8.91. The molecule has 0 radical (unpaired) electrons. The van der Waals surface area contributed by atoms with Gasteiger partial charge in [-0.1, -0.05) is 12.1 Å². The summed E-state index contributed by atoms with van der Waals surface area (Å²) in [6.45, 7) is 7.07. The molecule has 3 rings (SSSR count). The molecule has 0 amide bonds. The van der Waals surface area contributed by atoms with E-state index in [9.17, 15) is 9.18 Å². The van der Waals surface area contributed by atoms with Gasteiger partial charge in [0.05, 0.1) is 12.7 Å². The normalized spacial score (nSPS) is 20.8. The van der Waals surface area contributed by atoms with Crippen molar-refractivity contribution in [2.75, 3.05) is 25.1 Å². The van der Waals surface area contributed by atoms with Crippen molar-refractivity contribution in [2.24, 2.45) is 0 Å². The van der Waals surface area contributed by atoms with Gasteiger partial charge in [0.1, 0.15) is 5.82 Å². The van der Waals surface area contributed by atoms with Crippen molar-refractivity contribution < 1.29 is 13.9 Å². The second-order valence-electron chi connectivity index (χ2n) is 6.94. The maximum atomic E-state index is 13.2. The summed E-state index contributed by atoms with van der Waals surface area (Å²) in [5.74, 6) is -0.518. The van der Waals surface area contributed by atoms with Crippen LogP contribution in [0.2, 0.25) is 0 Å². The Kier molecular flexibility index (Phi) is 5.57. The number of ether oxygens (including phenoxy) is 1. The highest BCUT2D eigenvalue weighted by molar-refractivity contribution is 5.89. The van der Waals surface area contributed by atoms with Crippen LogP contribution in [0.3, 0.4) is 0 Å². The summed E-state index contributed by atoms with van der Waals surface area (Å²) >= 11 is 0. The minimum absolute atomic E-state index is 0.205. The van der Waals surface area contributed by atoms with Crippen molar-refractivity contribution in [3.63, 3.8) is 0 Å². The molecular formula is C21H25FN2O2. The SMILES string of the molecule is COC(=O)c1ccc(CN2[C@H](C)CN(c3ccc(F)cc3)C[C@@H]2C)cc1. The molecule has 26 heavy (non-hydrogen) atoms. The fourth-order valence-electron chi connectivity index (χ4n) is 3.61. The zero-order valence-corrected chi connectivity index (χ0v) is 15.5. The van der Waals surface area contributed by atoms with Gasteiger partial charge in [-0.2, -0.15) is 0 Å². The van der Waals surface area contributed by atoms with Crippen LogP contribution in [-0.2, 0) is 11.3 Å². The Morgan fingerprint density at radius 3 is 2.15 bits per heavy atom. The topological polar surface area (TPSA) is 32.8 Å². The molecule has 2 atom stereocenters. The number of carbonyl (C=O) groups excluding carboxylic acids is 1. The average Bonchev–Trinajstić information content (AvgIpc) is 2.65. The van der Waals surface area contributed by atoms with E-state index < -0.39 is 0 Å². The first-order valence-electron chi connectivity index (χ1n) is 8.91. The molecule has 1 heterocycles. The Labute approximate surface area is 154 Å². The fraction of sp³-hybridized carbons (Fsp3) is 0.381. The Hall–Kier alpha value is -2.40. The van der Waals surface area contributed by atoms with Crippen LogP contribution in [0.1, 0.15) is 29.8 Å². The van der Waals surface area contributed by atoms with E-state index in [1.807, 2.05) is 36.4 Å². The molecule has 1 aliphatic heterocycles. The van der Waals surface area contributed by atoms with Crippen LogP contribution < -0.4 is 4.90 Å². The number of hydrogen-bond donors (Lipinski definition) is 0. The summed E-state index contributed by atoms with van der Waals surface area (Å²) in [5, 5.41) is 0. The highest BCUT2D eigenvalue weighted by Crippen LogP contribution is 2.24. The molecule has 0 spiro atoms. The fourth-order valence-corrected chi connectivity index (χ4v) is 3.61. The molecule has 1 fully saturated rings. The van der Waals surface area contributed by atoms with Crippen molar-refractivity contribution in [3.8, 4) is 0 Å². The lowest BCUT2D eigenvalue weighted by Crippen LogP contribution is -2.56. The van der Waals surface area contributed by atoms with Gasteiger partial charge in [0.2, 0.25) is 0 Å². The molecular weight excluding hydrogens is 331 g/mol. The first-order chi connectivity index (χ1) is 12.5. The molecule has 0 unspecified atom stereocenters. The molecule has 1 saturated heterocycles. The van der Waals surface area contributed by atoms with E-state index in [-0.39, 0.29) is 11.8 Å². The number of carbonyl (C=O) groups is 1. The van der Waals surface area contributed by atoms with E-state index in [2.05, 4.69) is 23.6 Å². The lowest BCUT2D eigenvalue weighted by Gasteiger charge is -2.45. The monoisotopic (exact) mass is 356 g/mol. The molecule has 1 aliphatic rings. The number of hydrogen-bond acceptors (Lipinski definition) is 4. The Morgan fingerprint density at radius 2 is 1.62 bits per heavy atom. The van der Waals surface area contributed by atoms with E-state index in [1.165, 1.54) is 24.8 Å². The van der Waals surface area contributed by atoms with Gasteiger partial charge in [-0.3, -0.25) is 4.90 Å². The molecule has 0 aromatic heterocycles. The largest absolute Gasteiger partial charge is 0.465 e. The van der Waals surface area contributed by atoms with Crippen LogP contribution in [0, 0.1) is 5.82 Å². The van der Waals surface area contributed by atoms with Gasteiger partial charge < -0.3 is 9.64 Å². The molecule has 138 valence electrons. The van der Waals surface area contributed by atoms with Gasteiger partial charge in [-0.15, -0.1) is 0 Å². The minimum atomic E-state index is -0.314. The van der Waals surface area contributed by atoms with E-state index >= 15 is 0 Å². The lowest BCUT2D eigenvalue weighted by molar-refractivity contribution is 0.0600. The van der Waals surface area contributed by atoms with Crippen molar-refractivity contribution >= 4 is 11.7 Å². The Morgan fingerprint density at radius 1 is 1.04 bits per heavy atom. The molecule has 5 heteroatoms. The predicted molar refractivity (Wildman–Crippen MR) is 101 cm³/mol. The quantitative estimate of drug-likeness (QED) is 0.782. The maximum Gasteiger partial charge on any atom is 0.337 e. The maximum absolute atomic E-state index is 13.2. The van der Waals surface area contributed by atoms with Gasteiger partial charge in [0.15, 0.2) is 0 Å². The molecule has 2 aromatic carbocycles. The summed E-state index contributed by atoms with van der Waals surface area (Å²) in [5.41, 5.74) is 2.80. The number of anilines is 1. The second-order valence-corrected chi connectivity index (χ2v) is 6.94. The van der Waals surface area contributed by atoms with Crippen molar-refractivity contribution in [1.82, 2.24) is 4.90 Å². The molecule has 0 aliphatic carbocycles. The van der Waals surface area contributed by atoms with Crippen LogP contribution in [0.15, 0.2) is 48.5 Å². The number of methoxy groups -OCH3 is 1. The molecule has 0 N–H and O–H groups in total. The minimum Gasteiger partial charge on any atom is -0.465 e. The van der Waals surface area contributed by atoms with Gasteiger partial charge in [0, 0.05) is 37.4 Å². The van der Waals surface area contributed by atoms with Crippen LogP contribution in [0.5, 0.6) is 0 Å². The Balaban J connectivity index is 1.66. The summed E-state index contributed by atoms with van der Waals surface area (Å²) in [6.07, 6.45) is 0. The highest BCUT2D eigenvalue weighted by atomic mass is 19.1. The van der Waals surface area contributed by atoms with Crippen LogP contribution in [0.4, 0.5) is 10.1 Å². The van der Waals surface area contributed by atoms with Crippen LogP contribution in [-0.4, -0.2) is 43.2 Å². The summed E-state index contributed by atoms with van der Waals surface area (Å²) in [6, 6.07) is 15.0. The summed E-state index contributed by atoms with van der Waals surface area (Å²) < 4.78 is 17.9. The van der Waals surface area contributed by atoms with Crippen molar-refractivity contribution in [2.45, 2.75) is 32.5 Å². The molecule has 4 nitrogen and oxygen atoms in total. The van der Waals surface area contributed by atoms with Crippen LogP contribution >= 0.6 is 0 Å². The smallest absolute Gasteiger partial charge is 0.337 e. The predicted octanol–water partition coefficient (Wildman–Crippen LogP) is 3.71. The van der Waals surface area contributed by atoms with E-state index in [0.717, 1.165) is 25.3 Å². The van der Waals surface area contributed by atoms with E-state index in [1.54, 1.807) is 0 Å². The second kappa shape index (κ2) is 7.87. The lowest BCUT2D eigenvalue weighted by atomic mass is 10.0. The summed E-state index contributed by atoms with van der Waals surface area (Å²) in [7, 11) is 1.39. The molecule has 0 saturated carbocycles. The average molecular weight is 356 g/mol. The number of piperazine rings is 1. The Bertz CT molecular complexity index is 734. The number of halogens is 1.